The zero-order chi connectivity index (χ0) is 39.0. The van der Waals surface area contributed by atoms with E-state index >= 15 is 0 Å². The molecule has 7 rings (SSSR count). The molecular weight excluding hydrogens is 704 g/mol. The number of fused-ring (bicyclic) bond motifs is 1. The lowest BCUT2D eigenvalue weighted by molar-refractivity contribution is -0.137. The summed E-state index contributed by atoms with van der Waals surface area (Å²) in [7, 11) is 0. The standard InChI is InChI=1S/C40H44N8O7/c1-4-42-39(54)36-46-45-35(27-19-26(21(2)3)31(49)20-32(27)50)47(36)24-10-8-22(9-11-24)18-30-34-25(40(55)48(30)29-12-13-33(51)44-38(29)53)6-5-7-28(34)43-37(52)23-14-16-41-17-15-23/h5-11,19-21,23,29-30,41,49-50H,4,12-18H2,1-3H3,(H,42,54)(H,43,52)(H,44,51,53). The molecule has 6 N–H and O–H groups in total. The minimum atomic E-state index is -0.900. The molecule has 286 valence electrons. The SMILES string of the molecule is CCNC(=O)c1nnc(-c2cc(C(C)C)c(O)cc2O)n1-c1ccc(CC2c3c(NC(=O)C4CCNCC4)cccc3C(=O)N2C2CCC(=O)NC2=O)cc1. The van der Waals surface area contributed by atoms with E-state index in [4.69, 9.17) is 0 Å². The van der Waals surface area contributed by atoms with Crippen molar-refractivity contribution < 1.29 is 34.2 Å². The summed E-state index contributed by atoms with van der Waals surface area (Å²) in [6.07, 6.45) is 1.89. The molecule has 2 fully saturated rings. The van der Waals surface area contributed by atoms with E-state index < -0.39 is 29.8 Å². The topological polar surface area (TPSA) is 208 Å². The van der Waals surface area contributed by atoms with Crippen molar-refractivity contribution in [1.82, 2.24) is 35.6 Å². The van der Waals surface area contributed by atoms with Crippen LogP contribution in [0.4, 0.5) is 5.69 Å². The summed E-state index contributed by atoms with van der Waals surface area (Å²) in [6.45, 7) is 7.41. The van der Waals surface area contributed by atoms with Crippen LogP contribution in [0.25, 0.3) is 17.1 Å². The Morgan fingerprint density at radius 2 is 1.69 bits per heavy atom. The molecule has 0 radical (unpaired) electrons. The van der Waals surface area contributed by atoms with Crippen LogP contribution in [0.1, 0.15) is 96.1 Å². The molecule has 4 aromatic rings. The predicted octanol–water partition coefficient (Wildman–Crippen LogP) is 3.70. The van der Waals surface area contributed by atoms with Gasteiger partial charge in [0.2, 0.25) is 23.5 Å². The average molecular weight is 749 g/mol. The highest BCUT2D eigenvalue weighted by Crippen LogP contribution is 2.44. The van der Waals surface area contributed by atoms with Gasteiger partial charge in [-0.05, 0) is 93.1 Å². The van der Waals surface area contributed by atoms with Crippen LogP contribution in [-0.4, -0.2) is 85.1 Å². The number of hydrogen-bond donors (Lipinski definition) is 6. The molecule has 3 aliphatic heterocycles. The lowest BCUT2D eigenvalue weighted by Crippen LogP contribution is -2.53. The molecule has 1 aromatic heterocycles. The van der Waals surface area contributed by atoms with E-state index in [1.165, 1.54) is 15.5 Å². The van der Waals surface area contributed by atoms with Gasteiger partial charge in [-0.1, -0.05) is 32.0 Å². The monoisotopic (exact) mass is 748 g/mol. The van der Waals surface area contributed by atoms with Gasteiger partial charge in [0.05, 0.1) is 11.6 Å². The van der Waals surface area contributed by atoms with Gasteiger partial charge in [0.25, 0.3) is 11.8 Å². The molecule has 2 saturated heterocycles. The fourth-order valence-corrected chi connectivity index (χ4v) is 7.79. The Hall–Kier alpha value is -6.09. The molecule has 5 amide bonds. The second kappa shape index (κ2) is 15.3. The van der Waals surface area contributed by atoms with Crippen molar-refractivity contribution in [1.29, 1.82) is 0 Å². The van der Waals surface area contributed by atoms with E-state index in [2.05, 4.69) is 31.5 Å². The van der Waals surface area contributed by atoms with Crippen molar-refractivity contribution in [3.05, 3.63) is 82.7 Å². The first-order valence-electron chi connectivity index (χ1n) is 18.7. The number of imide groups is 1. The molecule has 3 aromatic carbocycles. The third kappa shape index (κ3) is 7.14. The highest BCUT2D eigenvalue weighted by Gasteiger charge is 2.46. The van der Waals surface area contributed by atoms with E-state index in [0.717, 1.165) is 18.7 Å². The molecule has 0 spiro atoms. The lowest BCUT2D eigenvalue weighted by atomic mass is 9.93. The number of hydrogen-bond acceptors (Lipinski definition) is 10. The Morgan fingerprint density at radius 1 is 0.945 bits per heavy atom. The number of carbonyl (C=O) groups is 5. The number of phenolic OH excluding ortho intramolecular Hbond substituents is 2. The number of rotatable bonds is 10. The number of piperidine rings is 2. The molecule has 2 unspecified atom stereocenters. The van der Waals surface area contributed by atoms with Crippen LogP contribution in [0.3, 0.4) is 0 Å². The lowest BCUT2D eigenvalue weighted by Gasteiger charge is -2.35. The number of benzene rings is 3. The zero-order valence-electron chi connectivity index (χ0n) is 30.9. The van der Waals surface area contributed by atoms with Crippen LogP contribution in [0, 0.1) is 5.92 Å². The number of nitrogens with one attached hydrogen (secondary N) is 4. The molecule has 15 nitrogen and oxygen atoms in total. The molecule has 0 aliphatic carbocycles. The van der Waals surface area contributed by atoms with Gasteiger partial charge in [-0.3, -0.25) is 33.9 Å². The van der Waals surface area contributed by atoms with E-state index in [1.54, 1.807) is 43.3 Å². The van der Waals surface area contributed by atoms with Crippen molar-refractivity contribution in [2.24, 2.45) is 5.92 Å². The Bertz CT molecular complexity index is 2170. The molecule has 3 aliphatic rings. The van der Waals surface area contributed by atoms with Gasteiger partial charge in [0, 0.05) is 47.5 Å². The van der Waals surface area contributed by atoms with Gasteiger partial charge < -0.3 is 31.1 Å². The van der Waals surface area contributed by atoms with E-state index in [1.807, 2.05) is 26.0 Å². The number of aromatic hydroxyl groups is 2. The van der Waals surface area contributed by atoms with Crippen LogP contribution >= 0.6 is 0 Å². The third-order valence-corrected chi connectivity index (χ3v) is 10.6. The van der Waals surface area contributed by atoms with E-state index in [9.17, 15) is 34.2 Å². The molecule has 55 heavy (non-hydrogen) atoms. The largest absolute Gasteiger partial charge is 0.508 e. The molecule has 0 bridgehead atoms. The highest BCUT2D eigenvalue weighted by molar-refractivity contribution is 6.07. The maximum atomic E-state index is 14.2. The normalized spacial score (nSPS) is 18.7. The van der Waals surface area contributed by atoms with Gasteiger partial charge in [-0.25, -0.2) is 0 Å². The molecule has 4 heterocycles. The maximum absolute atomic E-state index is 14.2. The van der Waals surface area contributed by atoms with Crippen LogP contribution in [0.15, 0.2) is 54.6 Å². The van der Waals surface area contributed by atoms with Crippen LogP contribution in [0.5, 0.6) is 11.5 Å². The summed E-state index contributed by atoms with van der Waals surface area (Å²) < 4.78 is 1.53. The van der Waals surface area contributed by atoms with E-state index in [0.29, 0.717) is 47.5 Å². The Balaban J connectivity index is 1.27. The molecule has 0 saturated carbocycles. The fraction of sp³-hybridized carbons (Fsp3) is 0.375. The summed E-state index contributed by atoms with van der Waals surface area (Å²) >= 11 is 0. The first-order chi connectivity index (χ1) is 26.5. The first-order valence-corrected chi connectivity index (χ1v) is 18.7. The van der Waals surface area contributed by atoms with Crippen molar-refractivity contribution in [3.63, 3.8) is 0 Å². The van der Waals surface area contributed by atoms with Crippen LogP contribution < -0.4 is 21.3 Å². The number of nitrogens with zero attached hydrogens (tertiary/aromatic N) is 4. The number of amides is 5. The smallest absolute Gasteiger partial charge is 0.289 e. The maximum Gasteiger partial charge on any atom is 0.289 e. The first kappa shape index (κ1) is 37.2. The van der Waals surface area contributed by atoms with Crippen molar-refractivity contribution in [3.8, 4) is 28.6 Å². The number of carbonyl (C=O) groups excluding carboxylic acids is 5. The average Bonchev–Trinajstić information content (AvgIpc) is 3.72. The molecule has 15 heteroatoms. The number of aromatic nitrogens is 3. The van der Waals surface area contributed by atoms with Crippen LogP contribution in [-0.2, 0) is 20.8 Å². The van der Waals surface area contributed by atoms with Crippen LogP contribution in [0.2, 0.25) is 0 Å². The summed E-state index contributed by atoms with van der Waals surface area (Å²) in [6, 6.07) is 13.7. The van der Waals surface area contributed by atoms with Gasteiger partial charge in [-0.2, -0.15) is 0 Å². The summed E-state index contributed by atoms with van der Waals surface area (Å²) in [4.78, 5) is 67.7. The summed E-state index contributed by atoms with van der Waals surface area (Å²) in [5.41, 5.74) is 3.61. The summed E-state index contributed by atoms with van der Waals surface area (Å²) in [5, 5.41) is 41.4. The Morgan fingerprint density at radius 3 is 2.38 bits per heavy atom. The molecule has 2 atom stereocenters. The van der Waals surface area contributed by atoms with Crippen molar-refractivity contribution >= 4 is 35.2 Å². The minimum Gasteiger partial charge on any atom is -0.508 e. The second-order valence-corrected chi connectivity index (χ2v) is 14.5. The number of anilines is 1. The van der Waals surface area contributed by atoms with Gasteiger partial charge in [0.1, 0.15) is 17.5 Å². The van der Waals surface area contributed by atoms with Crippen molar-refractivity contribution in [2.75, 3.05) is 25.0 Å². The Labute approximate surface area is 317 Å². The van der Waals surface area contributed by atoms with Crippen molar-refractivity contribution in [2.45, 2.75) is 70.9 Å². The third-order valence-electron chi connectivity index (χ3n) is 10.6. The fourth-order valence-electron chi connectivity index (χ4n) is 7.79. The quantitative estimate of drug-likeness (QED) is 0.130. The van der Waals surface area contributed by atoms with Gasteiger partial charge >= 0.3 is 0 Å². The number of phenols is 2. The predicted molar refractivity (Wildman–Crippen MR) is 202 cm³/mol. The van der Waals surface area contributed by atoms with Gasteiger partial charge in [0.15, 0.2) is 5.82 Å². The second-order valence-electron chi connectivity index (χ2n) is 14.5. The Kier molecular flexibility index (Phi) is 10.4. The van der Waals surface area contributed by atoms with Gasteiger partial charge in [-0.15, -0.1) is 10.2 Å². The summed E-state index contributed by atoms with van der Waals surface area (Å²) in [5.74, 6) is -2.31. The highest BCUT2D eigenvalue weighted by atomic mass is 16.3. The molecular formula is C40H44N8O7. The van der Waals surface area contributed by atoms with E-state index in [-0.39, 0.29) is 71.6 Å². The minimum absolute atomic E-state index is 0.0170. The zero-order valence-corrected chi connectivity index (χ0v) is 30.9.